The molecule has 102 valence electrons. The summed E-state index contributed by atoms with van der Waals surface area (Å²) in [4.78, 5) is 0. The van der Waals surface area contributed by atoms with Crippen LogP contribution in [0.1, 0.15) is 35.6 Å². The summed E-state index contributed by atoms with van der Waals surface area (Å²) in [5, 5.41) is 3.59. The zero-order valence-corrected chi connectivity index (χ0v) is 11.3. The van der Waals surface area contributed by atoms with E-state index in [0.717, 1.165) is 49.8 Å². The lowest BCUT2D eigenvalue weighted by Gasteiger charge is -2.20. The van der Waals surface area contributed by atoms with Crippen LogP contribution in [-0.4, -0.2) is 26.9 Å². The van der Waals surface area contributed by atoms with Gasteiger partial charge in [-0.3, -0.25) is 0 Å². The molecule has 0 bridgehead atoms. The van der Waals surface area contributed by atoms with Crippen molar-refractivity contribution < 1.29 is 14.2 Å². The van der Waals surface area contributed by atoms with Crippen LogP contribution in [0.4, 0.5) is 0 Å². The lowest BCUT2D eigenvalue weighted by Crippen LogP contribution is -2.15. The number of rotatable bonds is 2. The molecule has 4 nitrogen and oxygen atoms in total. The van der Waals surface area contributed by atoms with Crippen molar-refractivity contribution in [1.29, 1.82) is 0 Å². The highest BCUT2D eigenvalue weighted by atomic mass is 16.5. The van der Waals surface area contributed by atoms with Gasteiger partial charge in [0.15, 0.2) is 11.5 Å². The zero-order valence-electron chi connectivity index (χ0n) is 11.3. The lowest BCUT2D eigenvalue weighted by atomic mass is 9.92. The largest absolute Gasteiger partial charge is 0.492 e. The topological polar surface area (TPSA) is 39.7 Å². The summed E-state index contributed by atoms with van der Waals surface area (Å²) in [5.74, 6) is 2.94. The van der Waals surface area contributed by atoms with Gasteiger partial charge in [0.25, 0.3) is 0 Å². The average molecular weight is 261 g/mol. The maximum atomic E-state index is 5.93. The molecule has 0 radical (unpaired) electrons. The fourth-order valence-corrected chi connectivity index (χ4v) is 3.62. The first-order chi connectivity index (χ1) is 9.40. The third kappa shape index (κ3) is 1.56. The van der Waals surface area contributed by atoms with Gasteiger partial charge in [0, 0.05) is 35.6 Å². The summed E-state index contributed by atoms with van der Waals surface area (Å²) < 4.78 is 17.4. The molecule has 0 aromatic heterocycles. The van der Waals surface area contributed by atoms with E-state index in [9.17, 15) is 0 Å². The summed E-state index contributed by atoms with van der Waals surface area (Å²) in [5.41, 5.74) is 3.85. The molecule has 3 aliphatic heterocycles. The van der Waals surface area contributed by atoms with Gasteiger partial charge in [-0.15, -0.1) is 0 Å². The highest BCUT2D eigenvalue weighted by Gasteiger charge is 2.35. The van der Waals surface area contributed by atoms with E-state index >= 15 is 0 Å². The monoisotopic (exact) mass is 261 g/mol. The molecular formula is C15H19NO3. The Bertz CT molecular complexity index is 486. The molecule has 1 unspecified atom stereocenters. The van der Waals surface area contributed by atoms with E-state index < -0.39 is 0 Å². The number of hydrogen-bond donors (Lipinski definition) is 1. The Kier molecular flexibility index (Phi) is 2.58. The molecule has 0 amide bonds. The summed E-state index contributed by atoms with van der Waals surface area (Å²) in [6, 6.07) is 0.424. The fourth-order valence-electron chi connectivity index (χ4n) is 3.62. The van der Waals surface area contributed by atoms with Crippen LogP contribution in [0.3, 0.4) is 0 Å². The van der Waals surface area contributed by atoms with Gasteiger partial charge in [-0.25, -0.2) is 0 Å². The second-order valence-corrected chi connectivity index (χ2v) is 5.41. The Hall–Kier alpha value is -1.42. The predicted molar refractivity (Wildman–Crippen MR) is 71.4 cm³/mol. The fraction of sp³-hybridized carbons (Fsp3) is 0.600. The summed E-state index contributed by atoms with van der Waals surface area (Å²) >= 11 is 0. The molecule has 1 aromatic carbocycles. The molecule has 3 aliphatic rings. The van der Waals surface area contributed by atoms with Crippen LogP contribution in [0.15, 0.2) is 0 Å². The molecule has 1 fully saturated rings. The number of methoxy groups -OCH3 is 1. The van der Waals surface area contributed by atoms with Crippen LogP contribution < -0.4 is 19.5 Å². The Labute approximate surface area is 113 Å². The maximum Gasteiger partial charge on any atom is 0.168 e. The van der Waals surface area contributed by atoms with Crippen molar-refractivity contribution in [2.24, 2.45) is 0 Å². The molecule has 1 saturated heterocycles. The van der Waals surface area contributed by atoms with Crippen molar-refractivity contribution in [2.75, 3.05) is 26.9 Å². The number of nitrogens with one attached hydrogen (secondary N) is 1. The minimum Gasteiger partial charge on any atom is -0.492 e. The van der Waals surface area contributed by atoms with Gasteiger partial charge in [0.1, 0.15) is 5.75 Å². The third-order valence-corrected chi connectivity index (χ3v) is 4.41. The van der Waals surface area contributed by atoms with Crippen LogP contribution in [0.25, 0.3) is 0 Å². The van der Waals surface area contributed by atoms with Crippen molar-refractivity contribution >= 4 is 0 Å². The summed E-state index contributed by atoms with van der Waals surface area (Å²) in [6.07, 6.45) is 4.32. The van der Waals surface area contributed by atoms with Gasteiger partial charge in [-0.1, -0.05) is 0 Å². The molecule has 1 atom stereocenters. The predicted octanol–water partition coefficient (Wildman–Crippen LogP) is 1.99. The molecular weight excluding hydrogens is 242 g/mol. The summed E-state index contributed by atoms with van der Waals surface area (Å²) in [6.45, 7) is 2.61. The first-order valence-corrected chi connectivity index (χ1v) is 7.14. The van der Waals surface area contributed by atoms with Crippen LogP contribution in [-0.2, 0) is 12.8 Å². The van der Waals surface area contributed by atoms with Gasteiger partial charge in [0.05, 0.1) is 20.3 Å². The van der Waals surface area contributed by atoms with E-state index in [-0.39, 0.29) is 0 Å². The molecule has 3 heterocycles. The molecule has 1 aromatic rings. The highest BCUT2D eigenvalue weighted by molar-refractivity contribution is 5.66. The molecule has 0 spiro atoms. The standard InChI is InChI=1S/C15H19NO3/c1-17-14-10-5-8-18-13(10)12(11-3-2-6-16-11)9-4-7-19-15(9)14/h11,16H,2-8H2,1H3. The first kappa shape index (κ1) is 11.4. The maximum absolute atomic E-state index is 5.93. The van der Waals surface area contributed by atoms with E-state index in [0.29, 0.717) is 6.04 Å². The number of benzene rings is 1. The Balaban J connectivity index is 1.94. The second-order valence-electron chi connectivity index (χ2n) is 5.41. The van der Waals surface area contributed by atoms with Crippen molar-refractivity contribution in [3.63, 3.8) is 0 Å². The number of fused-ring (bicyclic) bond motifs is 2. The smallest absolute Gasteiger partial charge is 0.168 e. The molecule has 0 aliphatic carbocycles. The van der Waals surface area contributed by atoms with Gasteiger partial charge < -0.3 is 19.5 Å². The minimum absolute atomic E-state index is 0.424. The molecule has 19 heavy (non-hydrogen) atoms. The molecule has 4 rings (SSSR count). The minimum atomic E-state index is 0.424. The van der Waals surface area contributed by atoms with E-state index in [4.69, 9.17) is 14.2 Å². The Morgan fingerprint density at radius 3 is 2.63 bits per heavy atom. The SMILES string of the molecule is COc1c2c(c(C3CCCN3)c3c1OCC3)OCC2. The highest BCUT2D eigenvalue weighted by Crippen LogP contribution is 2.51. The van der Waals surface area contributed by atoms with E-state index in [1.807, 2.05) is 0 Å². The molecule has 4 heteroatoms. The number of ether oxygens (including phenoxy) is 3. The van der Waals surface area contributed by atoms with Crippen molar-refractivity contribution in [3.8, 4) is 17.2 Å². The molecule has 0 saturated carbocycles. The van der Waals surface area contributed by atoms with Gasteiger partial charge in [-0.05, 0) is 19.4 Å². The van der Waals surface area contributed by atoms with Gasteiger partial charge >= 0.3 is 0 Å². The Morgan fingerprint density at radius 1 is 1.11 bits per heavy atom. The second kappa shape index (κ2) is 4.30. The number of hydrogen-bond acceptors (Lipinski definition) is 4. The third-order valence-electron chi connectivity index (χ3n) is 4.41. The van der Waals surface area contributed by atoms with Crippen LogP contribution in [0.5, 0.6) is 17.2 Å². The quantitative estimate of drug-likeness (QED) is 0.884. The molecule has 1 N–H and O–H groups in total. The average Bonchev–Trinajstić information content (AvgIpc) is 3.15. The normalized spacial score (nSPS) is 23.7. The van der Waals surface area contributed by atoms with Gasteiger partial charge in [-0.2, -0.15) is 0 Å². The van der Waals surface area contributed by atoms with Crippen LogP contribution in [0, 0.1) is 0 Å². The van der Waals surface area contributed by atoms with E-state index in [1.54, 1.807) is 7.11 Å². The van der Waals surface area contributed by atoms with Gasteiger partial charge in [0.2, 0.25) is 0 Å². The van der Waals surface area contributed by atoms with Crippen LogP contribution in [0.2, 0.25) is 0 Å². The van der Waals surface area contributed by atoms with E-state index in [2.05, 4.69) is 5.32 Å². The van der Waals surface area contributed by atoms with Crippen molar-refractivity contribution in [3.05, 3.63) is 16.7 Å². The zero-order chi connectivity index (χ0) is 12.8. The Morgan fingerprint density at radius 2 is 1.89 bits per heavy atom. The van der Waals surface area contributed by atoms with E-state index in [1.165, 1.54) is 29.5 Å². The first-order valence-electron chi connectivity index (χ1n) is 7.14. The lowest BCUT2D eigenvalue weighted by molar-refractivity contribution is 0.324. The van der Waals surface area contributed by atoms with Crippen molar-refractivity contribution in [1.82, 2.24) is 5.32 Å². The van der Waals surface area contributed by atoms with Crippen molar-refractivity contribution in [2.45, 2.75) is 31.7 Å². The summed E-state index contributed by atoms with van der Waals surface area (Å²) in [7, 11) is 1.73. The van der Waals surface area contributed by atoms with Crippen LogP contribution >= 0.6 is 0 Å².